The molecule has 1 N–H and O–H groups in total. The number of anilines is 1. The van der Waals surface area contributed by atoms with E-state index in [0.717, 1.165) is 16.5 Å². The molecule has 5 aromatic rings. The summed E-state index contributed by atoms with van der Waals surface area (Å²) in [6, 6.07) is 27.8. The first-order valence-electron chi connectivity index (χ1n) is 11.0. The topological polar surface area (TPSA) is 69.0 Å². The number of carbonyl (C=O) groups is 2. The van der Waals surface area contributed by atoms with Crippen molar-refractivity contribution in [3.05, 3.63) is 108 Å². The predicted molar refractivity (Wildman–Crippen MR) is 132 cm³/mol. The van der Waals surface area contributed by atoms with Crippen molar-refractivity contribution in [2.75, 3.05) is 11.9 Å². The van der Waals surface area contributed by atoms with E-state index in [9.17, 15) is 9.59 Å². The van der Waals surface area contributed by atoms with E-state index in [1.807, 2.05) is 60.7 Å². The molecule has 1 amide bonds. The molecule has 0 aliphatic rings. The Balaban J connectivity index is 1.46. The highest BCUT2D eigenvalue weighted by Crippen LogP contribution is 2.28. The summed E-state index contributed by atoms with van der Waals surface area (Å²) in [5, 5.41) is 4.75. The highest BCUT2D eigenvalue weighted by atomic mass is 16.5. The van der Waals surface area contributed by atoms with Crippen LogP contribution in [0, 0.1) is 0 Å². The number of nitrogens with zero attached hydrogens (tertiary/aromatic N) is 1. The van der Waals surface area contributed by atoms with E-state index in [1.165, 1.54) is 0 Å². The minimum absolute atomic E-state index is 0.250. The molecule has 6 nitrogen and oxygen atoms in total. The van der Waals surface area contributed by atoms with E-state index in [4.69, 9.17) is 9.47 Å². The molecule has 2 aromatic heterocycles. The lowest BCUT2D eigenvalue weighted by Gasteiger charge is -2.09. The van der Waals surface area contributed by atoms with Crippen LogP contribution in [-0.2, 0) is 4.74 Å². The average molecular weight is 450 g/mol. The summed E-state index contributed by atoms with van der Waals surface area (Å²) in [4.78, 5) is 25.9. The second-order valence-corrected chi connectivity index (χ2v) is 7.68. The Morgan fingerprint density at radius 3 is 2.32 bits per heavy atom. The van der Waals surface area contributed by atoms with Crippen LogP contribution < -0.4 is 10.1 Å². The van der Waals surface area contributed by atoms with E-state index < -0.39 is 5.97 Å². The van der Waals surface area contributed by atoms with Gasteiger partial charge in [0.25, 0.3) is 5.91 Å². The summed E-state index contributed by atoms with van der Waals surface area (Å²) in [6.45, 7) is 2.01. The van der Waals surface area contributed by atoms with Gasteiger partial charge in [0.05, 0.1) is 17.7 Å². The van der Waals surface area contributed by atoms with E-state index in [1.54, 1.807) is 47.9 Å². The Hall–Kier alpha value is -4.58. The molecule has 0 bridgehead atoms. The van der Waals surface area contributed by atoms with Gasteiger partial charge in [-0.1, -0.05) is 42.5 Å². The number of aromatic nitrogens is 1. The van der Waals surface area contributed by atoms with Crippen LogP contribution in [0.25, 0.3) is 16.3 Å². The Morgan fingerprint density at radius 2 is 1.56 bits per heavy atom. The number of carbonyl (C=O) groups excluding carboxylic acids is 2. The Morgan fingerprint density at radius 1 is 0.853 bits per heavy atom. The summed E-state index contributed by atoms with van der Waals surface area (Å²) in [6.07, 6.45) is 1.80. The lowest BCUT2D eigenvalue weighted by Crippen LogP contribution is -2.14. The van der Waals surface area contributed by atoms with Crippen LogP contribution in [0.3, 0.4) is 0 Å². The van der Waals surface area contributed by atoms with E-state index >= 15 is 0 Å². The Bertz CT molecular complexity index is 1490. The molecule has 3 aromatic carbocycles. The first-order chi connectivity index (χ1) is 16.6. The third-order valence-electron chi connectivity index (χ3n) is 5.47. The van der Waals surface area contributed by atoms with Gasteiger partial charge in [0.15, 0.2) is 0 Å². The zero-order valence-corrected chi connectivity index (χ0v) is 18.5. The lowest BCUT2D eigenvalue weighted by molar-refractivity contribution is 0.0529. The third-order valence-corrected chi connectivity index (χ3v) is 5.47. The summed E-state index contributed by atoms with van der Waals surface area (Å²) >= 11 is 0. The number of amides is 1. The molecule has 34 heavy (non-hydrogen) atoms. The summed E-state index contributed by atoms with van der Waals surface area (Å²) in [5.41, 5.74) is 1.95. The fraction of sp³-hybridized carbons (Fsp3) is 0.0714. The first kappa shape index (κ1) is 21.3. The molecule has 5 rings (SSSR count). The summed E-state index contributed by atoms with van der Waals surface area (Å²) < 4.78 is 12.8. The molecule has 6 heteroatoms. The van der Waals surface area contributed by atoms with Crippen LogP contribution >= 0.6 is 0 Å². The van der Waals surface area contributed by atoms with Crippen LogP contribution in [0.15, 0.2) is 97.2 Å². The smallest absolute Gasteiger partial charge is 0.340 e. The Labute approximate surface area is 196 Å². The number of benzene rings is 3. The molecule has 0 aliphatic heterocycles. The molecule has 0 unspecified atom stereocenters. The van der Waals surface area contributed by atoms with Gasteiger partial charge in [0, 0.05) is 17.3 Å². The average Bonchev–Trinajstić information content (AvgIpc) is 3.27. The second kappa shape index (κ2) is 9.11. The summed E-state index contributed by atoms with van der Waals surface area (Å²) in [7, 11) is 0. The molecule has 0 saturated heterocycles. The van der Waals surface area contributed by atoms with Crippen LogP contribution in [-0.4, -0.2) is 22.9 Å². The molecular formula is C28H22N2O4. The molecular weight excluding hydrogens is 428 g/mol. The van der Waals surface area contributed by atoms with Gasteiger partial charge in [-0.2, -0.15) is 0 Å². The number of hydrogen-bond acceptors (Lipinski definition) is 4. The zero-order chi connectivity index (χ0) is 23.5. The zero-order valence-electron chi connectivity index (χ0n) is 18.5. The van der Waals surface area contributed by atoms with Crippen molar-refractivity contribution < 1.29 is 19.1 Å². The van der Waals surface area contributed by atoms with Crippen LogP contribution in [0.1, 0.15) is 27.8 Å². The van der Waals surface area contributed by atoms with Crippen molar-refractivity contribution in [3.8, 4) is 11.5 Å². The standard InChI is InChI=1S/C28H22N2O4/c1-2-33-28(32)24-18-25(30-17-16-19-8-6-7-11-23(19)26(24)30)27(31)29-20-12-14-22(15-13-20)34-21-9-4-3-5-10-21/h3-18H,2H2,1H3,(H,29,31). The predicted octanol–water partition coefficient (Wildman–Crippen LogP) is 6.31. The van der Waals surface area contributed by atoms with Crippen molar-refractivity contribution in [3.63, 3.8) is 0 Å². The van der Waals surface area contributed by atoms with Crippen molar-refractivity contribution in [2.24, 2.45) is 0 Å². The number of rotatable bonds is 6. The van der Waals surface area contributed by atoms with E-state index in [0.29, 0.717) is 28.2 Å². The second-order valence-electron chi connectivity index (χ2n) is 7.68. The van der Waals surface area contributed by atoms with Gasteiger partial charge in [-0.25, -0.2) is 4.79 Å². The normalized spacial score (nSPS) is 10.9. The van der Waals surface area contributed by atoms with Gasteiger partial charge in [-0.3, -0.25) is 4.79 Å². The number of ether oxygens (including phenoxy) is 2. The van der Waals surface area contributed by atoms with Gasteiger partial charge in [0.1, 0.15) is 17.2 Å². The van der Waals surface area contributed by atoms with E-state index in [2.05, 4.69) is 5.32 Å². The minimum atomic E-state index is -0.460. The van der Waals surface area contributed by atoms with Crippen molar-refractivity contribution >= 4 is 33.9 Å². The van der Waals surface area contributed by atoms with Crippen LogP contribution in [0.2, 0.25) is 0 Å². The highest BCUT2D eigenvalue weighted by molar-refractivity contribution is 6.13. The third kappa shape index (κ3) is 4.09. The molecule has 0 atom stereocenters. The molecule has 0 aliphatic carbocycles. The largest absolute Gasteiger partial charge is 0.462 e. The molecule has 168 valence electrons. The maximum atomic E-state index is 13.2. The van der Waals surface area contributed by atoms with Gasteiger partial charge < -0.3 is 19.2 Å². The molecule has 0 spiro atoms. The van der Waals surface area contributed by atoms with Crippen molar-refractivity contribution in [1.29, 1.82) is 0 Å². The van der Waals surface area contributed by atoms with Crippen LogP contribution in [0.5, 0.6) is 11.5 Å². The number of hydrogen-bond donors (Lipinski definition) is 1. The molecule has 0 saturated carbocycles. The van der Waals surface area contributed by atoms with Gasteiger partial charge in [0.2, 0.25) is 0 Å². The molecule has 2 heterocycles. The van der Waals surface area contributed by atoms with Crippen molar-refractivity contribution in [1.82, 2.24) is 4.40 Å². The van der Waals surface area contributed by atoms with Gasteiger partial charge in [-0.15, -0.1) is 0 Å². The quantitative estimate of drug-likeness (QED) is 0.308. The number of esters is 1. The maximum Gasteiger partial charge on any atom is 0.340 e. The lowest BCUT2D eigenvalue weighted by atomic mass is 10.1. The molecule has 0 fully saturated rings. The number of fused-ring (bicyclic) bond motifs is 3. The highest BCUT2D eigenvalue weighted by Gasteiger charge is 2.22. The van der Waals surface area contributed by atoms with Crippen LogP contribution in [0.4, 0.5) is 5.69 Å². The first-order valence-corrected chi connectivity index (χ1v) is 11.0. The minimum Gasteiger partial charge on any atom is -0.462 e. The number of para-hydroxylation sites is 1. The maximum absolute atomic E-state index is 13.2. The summed E-state index contributed by atoms with van der Waals surface area (Å²) in [5.74, 6) is 0.599. The van der Waals surface area contributed by atoms with Gasteiger partial charge in [-0.05, 0) is 60.8 Å². The Kier molecular flexibility index (Phi) is 5.70. The van der Waals surface area contributed by atoms with E-state index in [-0.39, 0.29) is 12.5 Å². The monoisotopic (exact) mass is 450 g/mol. The number of nitrogens with one attached hydrogen (secondary N) is 1. The molecule has 0 radical (unpaired) electrons. The fourth-order valence-corrected chi connectivity index (χ4v) is 3.93. The van der Waals surface area contributed by atoms with Gasteiger partial charge >= 0.3 is 5.97 Å². The van der Waals surface area contributed by atoms with Crippen molar-refractivity contribution in [2.45, 2.75) is 6.92 Å². The fourth-order valence-electron chi connectivity index (χ4n) is 3.93. The SMILES string of the molecule is CCOC(=O)c1cc(C(=O)Nc2ccc(Oc3ccccc3)cc2)n2ccc3ccccc3c12. The number of pyridine rings is 1.